The lowest BCUT2D eigenvalue weighted by Gasteiger charge is -1.89. The van der Waals surface area contributed by atoms with Crippen molar-refractivity contribution in [2.24, 2.45) is 0 Å². The van der Waals surface area contributed by atoms with E-state index in [1.54, 1.807) is 0 Å². The molecule has 0 saturated heterocycles. The molecule has 48 valence electrons. The summed E-state index contributed by atoms with van der Waals surface area (Å²) in [5.74, 6) is -0.324. The van der Waals surface area contributed by atoms with Crippen molar-refractivity contribution in [3.63, 3.8) is 0 Å². The Morgan fingerprint density at radius 1 is 1.78 bits per heavy atom. The zero-order chi connectivity index (χ0) is 6.85. The van der Waals surface area contributed by atoms with Crippen molar-refractivity contribution in [1.82, 2.24) is 10.2 Å². The van der Waals surface area contributed by atoms with Crippen LogP contribution in [0.25, 0.3) is 0 Å². The van der Waals surface area contributed by atoms with Crippen molar-refractivity contribution in [1.29, 1.82) is 0 Å². The van der Waals surface area contributed by atoms with Gasteiger partial charge in [0.1, 0.15) is 5.82 Å². The van der Waals surface area contributed by atoms with E-state index >= 15 is 0 Å². The number of aromatic amines is 1. The number of aromatic hydroxyl groups is 1. The summed E-state index contributed by atoms with van der Waals surface area (Å²) >= 11 is 0. The minimum absolute atomic E-state index is 0.0899. The fourth-order valence-corrected chi connectivity index (χ4v) is 0.410. The maximum Gasteiger partial charge on any atom is 0.306 e. The second kappa shape index (κ2) is 1.77. The van der Waals surface area contributed by atoms with E-state index < -0.39 is 11.3 Å². The van der Waals surface area contributed by atoms with Gasteiger partial charge < -0.3 is 10.8 Å². The van der Waals surface area contributed by atoms with E-state index in [1.165, 1.54) is 0 Å². The number of H-pyrrole nitrogens is 1. The Bertz CT molecular complexity index is 267. The topological polar surface area (TPSA) is 92.0 Å². The van der Waals surface area contributed by atoms with Crippen LogP contribution in [0, 0.1) is 0 Å². The molecular formula is C4H5N3O2. The van der Waals surface area contributed by atoms with Crippen LogP contribution < -0.4 is 11.3 Å². The molecule has 4 N–H and O–H groups in total. The fraction of sp³-hybridized carbons (Fsp3) is 0. The van der Waals surface area contributed by atoms with Gasteiger partial charge >= 0.3 is 5.56 Å². The van der Waals surface area contributed by atoms with Gasteiger partial charge in [0.2, 0.25) is 0 Å². The summed E-state index contributed by atoms with van der Waals surface area (Å²) < 4.78 is 0. The standard InChI is InChI=1S/C4H5N3O2/c5-3-1-2(8)4(9)7-6-3/h1H,(H,7,9)(H3,5,6,8). The summed E-state index contributed by atoms with van der Waals surface area (Å²) in [6, 6.07) is 1.08. The highest BCUT2D eigenvalue weighted by Crippen LogP contribution is 1.99. The summed E-state index contributed by atoms with van der Waals surface area (Å²) in [4.78, 5) is 10.3. The zero-order valence-corrected chi connectivity index (χ0v) is 4.46. The van der Waals surface area contributed by atoms with Gasteiger partial charge in [0.05, 0.1) is 0 Å². The molecule has 0 aliphatic carbocycles. The molecule has 0 saturated carbocycles. The van der Waals surface area contributed by atoms with E-state index in [4.69, 9.17) is 10.8 Å². The van der Waals surface area contributed by atoms with Gasteiger partial charge in [-0.2, -0.15) is 5.10 Å². The molecule has 9 heavy (non-hydrogen) atoms. The lowest BCUT2D eigenvalue weighted by molar-refractivity contribution is 0.464. The van der Waals surface area contributed by atoms with Crippen molar-refractivity contribution in [2.45, 2.75) is 0 Å². The summed E-state index contributed by atoms with van der Waals surface area (Å²) in [6.07, 6.45) is 0. The van der Waals surface area contributed by atoms with Gasteiger partial charge in [0.15, 0.2) is 5.75 Å². The first-order chi connectivity index (χ1) is 4.20. The summed E-state index contributed by atoms with van der Waals surface area (Å²) in [5.41, 5.74) is 4.45. The number of nitrogens with zero attached hydrogens (tertiary/aromatic N) is 1. The number of hydrogen-bond donors (Lipinski definition) is 3. The first kappa shape index (κ1) is 5.61. The number of nitrogen functional groups attached to an aromatic ring is 1. The molecule has 1 rings (SSSR count). The van der Waals surface area contributed by atoms with Gasteiger partial charge in [-0.3, -0.25) is 4.79 Å². The average molecular weight is 127 g/mol. The molecule has 0 spiro atoms. The van der Waals surface area contributed by atoms with E-state index in [0.29, 0.717) is 0 Å². The van der Waals surface area contributed by atoms with Gasteiger partial charge in [-0.25, -0.2) is 5.10 Å². The molecule has 0 radical (unpaired) electrons. The maximum atomic E-state index is 10.3. The molecule has 0 unspecified atom stereocenters. The number of hydrogen-bond acceptors (Lipinski definition) is 4. The van der Waals surface area contributed by atoms with Crippen LogP contribution in [0.2, 0.25) is 0 Å². The van der Waals surface area contributed by atoms with Gasteiger partial charge in [0, 0.05) is 6.07 Å². The molecule has 0 aromatic carbocycles. The average Bonchev–Trinajstić information content (AvgIpc) is 1.80. The third kappa shape index (κ3) is 0.987. The molecule has 0 aliphatic heterocycles. The Kier molecular flexibility index (Phi) is 1.11. The van der Waals surface area contributed by atoms with Crippen molar-refractivity contribution >= 4 is 5.82 Å². The Morgan fingerprint density at radius 2 is 2.44 bits per heavy atom. The summed E-state index contributed by atoms with van der Waals surface area (Å²) in [5, 5.41) is 13.9. The highest BCUT2D eigenvalue weighted by atomic mass is 16.3. The Balaban J connectivity index is 3.34. The van der Waals surface area contributed by atoms with Crippen LogP contribution in [0.15, 0.2) is 10.9 Å². The zero-order valence-electron chi connectivity index (χ0n) is 4.46. The first-order valence-corrected chi connectivity index (χ1v) is 2.24. The van der Waals surface area contributed by atoms with Gasteiger partial charge in [-0.15, -0.1) is 0 Å². The molecule has 0 atom stereocenters. The molecule has 0 amide bonds. The number of nitrogens with one attached hydrogen (secondary N) is 1. The quantitative estimate of drug-likeness (QED) is 0.419. The van der Waals surface area contributed by atoms with Gasteiger partial charge in [-0.05, 0) is 0 Å². The smallest absolute Gasteiger partial charge is 0.306 e. The van der Waals surface area contributed by atoms with Gasteiger partial charge in [-0.1, -0.05) is 0 Å². The van der Waals surface area contributed by atoms with Crippen molar-refractivity contribution in [2.75, 3.05) is 5.73 Å². The number of anilines is 1. The molecular weight excluding hydrogens is 122 g/mol. The van der Waals surface area contributed by atoms with E-state index in [-0.39, 0.29) is 5.82 Å². The van der Waals surface area contributed by atoms with E-state index in [0.717, 1.165) is 6.07 Å². The van der Waals surface area contributed by atoms with Crippen LogP contribution in [0.4, 0.5) is 5.82 Å². The van der Waals surface area contributed by atoms with Crippen LogP contribution in [-0.4, -0.2) is 15.3 Å². The minimum Gasteiger partial charge on any atom is -0.503 e. The molecule has 0 aliphatic rings. The predicted molar refractivity (Wildman–Crippen MR) is 30.9 cm³/mol. The molecule has 5 nitrogen and oxygen atoms in total. The van der Waals surface area contributed by atoms with Crippen LogP contribution >= 0.6 is 0 Å². The van der Waals surface area contributed by atoms with E-state index in [9.17, 15) is 4.79 Å². The monoisotopic (exact) mass is 127 g/mol. The number of rotatable bonds is 0. The molecule has 1 aromatic rings. The lowest BCUT2D eigenvalue weighted by atomic mass is 10.5. The van der Waals surface area contributed by atoms with E-state index in [2.05, 4.69) is 5.10 Å². The molecule has 5 heteroatoms. The summed E-state index contributed by atoms with van der Waals surface area (Å²) in [6.45, 7) is 0. The predicted octanol–water partition coefficient (Wildman–Crippen LogP) is -0.942. The maximum absolute atomic E-state index is 10.3. The van der Waals surface area contributed by atoms with Crippen LogP contribution in [0.1, 0.15) is 0 Å². The Morgan fingerprint density at radius 3 is 2.89 bits per heavy atom. The molecule has 0 fully saturated rings. The number of nitrogens with two attached hydrogens (primary N) is 1. The highest BCUT2D eigenvalue weighted by Gasteiger charge is 1.94. The molecule has 1 heterocycles. The summed E-state index contributed by atoms with van der Waals surface area (Å²) in [7, 11) is 0. The third-order valence-corrected chi connectivity index (χ3v) is 0.804. The Hall–Kier alpha value is -1.52. The minimum atomic E-state index is -0.635. The molecule has 0 bridgehead atoms. The van der Waals surface area contributed by atoms with Crippen molar-refractivity contribution in [3.8, 4) is 5.75 Å². The SMILES string of the molecule is Nc1cc(O)c(=O)[nH]n1. The van der Waals surface area contributed by atoms with Crippen LogP contribution in [0.5, 0.6) is 5.75 Å². The van der Waals surface area contributed by atoms with Crippen molar-refractivity contribution in [3.05, 3.63) is 16.4 Å². The number of aromatic nitrogens is 2. The normalized spacial score (nSPS) is 9.33. The first-order valence-electron chi connectivity index (χ1n) is 2.24. The fourth-order valence-electron chi connectivity index (χ4n) is 0.410. The van der Waals surface area contributed by atoms with E-state index in [1.807, 2.05) is 5.10 Å². The third-order valence-electron chi connectivity index (χ3n) is 0.804. The molecule has 1 aromatic heterocycles. The van der Waals surface area contributed by atoms with Crippen LogP contribution in [-0.2, 0) is 0 Å². The Labute approximate surface area is 50.1 Å². The van der Waals surface area contributed by atoms with Crippen LogP contribution in [0.3, 0.4) is 0 Å². The highest BCUT2D eigenvalue weighted by molar-refractivity contribution is 5.31. The largest absolute Gasteiger partial charge is 0.503 e. The lowest BCUT2D eigenvalue weighted by Crippen LogP contribution is -2.08. The second-order valence-electron chi connectivity index (χ2n) is 1.51. The van der Waals surface area contributed by atoms with Crippen molar-refractivity contribution < 1.29 is 5.11 Å². The second-order valence-corrected chi connectivity index (χ2v) is 1.51. The van der Waals surface area contributed by atoms with Gasteiger partial charge in [0.25, 0.3) is 0 Å².